The number of fused-ring (bicyclic) bond motifs is 1. The summed E-state index contributed by atoms with van der Waals surface area (Å²) in [5.41, 5.74) is 2.60. The molecule has 1 aliphatic carbocycles. The van der Waals surface area contributed by atoms with E-state index in [0.29, 0.717) is 0 Å². The summed E-state index contributed by atoms with van der Waals surface area (Å²) in [7, 11) is 0. The highest BCUT2D eigenvalue weighted by Gasteiger charge is 2.31. The molecule has 5 heteroatoms. The maximum absolute atomic E-state index is 14.7. The Morgan fingerprint density at radius 3 is 2.67 bits per heavy atom. The number of likely N-dealkylation sites (tertiary alicyclic amines) is 1. The van der Waals surface area contributed by atoms with E-state index in [2.05, 4.69) is 4.90 Å². The smallest absolute Gasteiger partial charge is 0.178 e. The van der Waals surface area contributed by atoms with E-state index >= 15 is 0 Å². The van der Waals surface area contributed by atoms with Crippen LogP contribution in [0.15, 0.2) is 36.4 Å². The highest BCUT2D eigenvalue weighted by molar-refractivity contribution is 5.38. The van der Waals surface area contributed by atoms with Crippen molar-refractivity contribution < 1.29 is 19.0 Å². The van der Waals surface area contributed by atoms with E-state index in [1.807, 2.05) is 12.1 Å². The molecular weight excluding hydrogens is 348 g/mol. The molecule has 0 bridgehead atoms. The van der Waals surface area contributed by atoms with Crippen molar-refractivity contribution in [2.24, 2.45) is 0 Å². The van der Waals surface area contributed by atoms with Gasteiger partial charge >= 0.3 is 0 Å². The van der Waals surface area contributed by atoms with E-state index in [4.69, 9.17) is 0 Å². The maximum Gasteiger partial charge on any atom is 0.178 e. The molecule has 2 aliphatic rings. The molecule has 0 amide bonds. The first-order valence-electron chi connectivity index (χ1n) is 9.68. The van der Waals surface area contributed by atoms with E-state index in [0.717, 1.165) is 62.0 Å². The third-order valence-corrected chi connectivity index (χ3v) is 6.04. The lowest BCUT2D eigenvalue weighted by Gasteiger charge is -2.30. The van der Waals surface area contributed by atoms with Gasteiger partial charge in [0.15, 0.2) is 6.29 Å². The molecule has 2 aromatic carbocycles. The lowest BCUT2D eigenvalue weighted by atomic mass is 9.81. The Morgan fingerprint density at radius 1 is 1.07 bits per heavy atom. The molecule has 1 fully saturated rings. The number of halogens is 2. The van der Waals surface area contributed by atoms with Crippen LogP contribution in [0.4, 0.5) is 8.78 Å². The van der Waals surface area contributed by atoms with Crippen LogP contribution in [0.25, 0.3) is 0 Å². The number of aliphatic hydroxyl groups is 2. The summed E-state index contributed by atoms with van der Waals surface area (Å²) in [4.78, 5) is 2.31. The van der Waals surface area contributed by atoms with Crippen LogP contribution in [0.1, 0.15) is 59.6 Å². The number of hydrogen-bond acceptors (Lipinski definition) is 3. The average molecular weight is 373 g/mol. The van der Waals surface area contributed by atoms with Crippen molar-refractivity contribution in [2.75, 3.05) is 19.6 Å². The molecular formula is C22H25F2NO2. The Kier molecular flexibility index (Phi) is 5.26. The number of aryl methyl sites for hydroxylation is 1. The van der Waals surface area contributed by atoms with Gasteiger partial charge in [0.1, 0.15) is 11.6 Å². The van der Waals surface area contributed by atoms with Gasteiger partial charge in [0.25, 0.3) is 0 Å². The topological polar surface area (TPSA) is 43.7 Å². The summed E-state index contributed by atoms with van der Waals surface area (Å²) in [6.45, 7) is 2.44. The molecule has 2 N–H and O–H groups in total. The average Bonchev–Trinajstić information content (AvgIpc) is 3.10. The third kappa shape index (κ3) is 3.77. The second-order valence-corrected chi connectivity index (χ2v) is 7.81. The molecule has 1 aliphatic heterocycles. The fraction of sp³-hybridized carbons (Fsp3) is 0.455. The van der Waals surface area contributed by atoms with Crippen molar-refractivity contribution in [3.63, 3.8) is 0 Å². The van der Waals surface area contributed by atoms with Crippen LogP contribution in [0.3, 0.4) is 0 Å². The van der Waals surface area contributed by atoms with Gasteiger partial charge in [-0.05, 0) is 67.0 Å². The maximum atomic E-state index is 14.7. The second-order valence-electron chi connectivity index (χ2n) is 7.81. The number of benzene rings is 2. The second kappa shape index (κ2) is 7.66. The molecule has 144 valence electrons. The van der Waals surface area contributed by atoms with Gasteiger partial charge in [-0.2, -0.15) is 0 Å². The Morgan fingerprint density at radius 2 is 1.89 bits per heavy atom. The monoisotopic (exact) mass is 373 g/mol. The SMILES string of the molecule is OC(O)c1cc(F)c2c(c1)CCCC2CN1CCC(c2ccccc2F)C1. The molecule has 2 aromatic rings. The fourth-order valence-electron chi connectivity index (χ4n) is 4.75. The van der Waals surface area contributed by atoms with Crippen LogP contribution >= 0.6 is 0 Å². The number of hydrogen-bond donors (Lipinski definition) is 2. The van der Waals surface area contributed by atoms with Crippen LogP contribution in [-0.4, -0.2) is 34.7 Å². The number of nitrogens with zero attached hydrogens (tertiary/aromatic N) is 1. The summed E-state index contributed by atoms with van der Waals surface area (Å²) in [6.07, 6.45) is 1.92. The quantitative estimate of drug-likeness (QED) is 0.800. The molecule has 27 heavy (non-hydrogen) atoms. The summed E-state index contributed by atoms with van der Waals surface area (Å²) in [5.74, 6) is -0.206. The van der Waals surface area contributed by atoms with E-state index in [1.54, 1.807) is 12.1 Å². The zero-order chi connectivity index (χ0) is 19.0. The molecule has 0 radical (unpaired) electrons. The summed E-state index contributed by atoms with van der Waals surface area (Å²) in [5, 5.41) is 18.7. The summed E-state index contributed by atoms with van der Waals surface area (Å²) in [6, 6.07) is 9.93. The van der Waals surface area contributed by atoms with Gasteiger partial charge < -0.3 is 15.1 Å². The van der Waals surface area contributed by atoms with Crippen LogP contribution in [0, 0.1) is 11.6 Å². The number of rotatable bonds is 4. The van der Waals surface area contributed by atoms with Crippen LogP contribution < -0.4 is 0 Å². The lowest BCUT2D eigenvalue weighted by Crippen LogP contribution is -2.29. The van der Waals surface area contributed by atoms with Crippen molar-refractivity contribution >= 4 is 0 Å². The van der Waals surface area contributed by atoms with Crippen molar-refractivity contribution in [3.05, 3.63) is 70.3 Å². The lowest BCUT2D eigenvalue weighted by molar-refractivity contribution is -0.0427. The predicted octanol–water partition coefficient (Wildman–Crippen LogP) is 3.86. The van der Waals surface area contributed by atoms with Crippen molar-refractivity contribution in [1.29, 1.82) is 0 Å². The van der Waals surface area contributed by atoms with Crippen LogP contribution in [-0.2, 0) is 6.42 Å². The Balaban J connectivity index is 1.50. The zero-order valence-electron chi connectivity index (χ0n) is 15.2. The Hall–Kier alpha value is -1.82. The third-order valence-electron chi connectivity index (χ3n) is 6.04. The summed E-state index contributed by atoms with van der Waals surface area (Å²) >= 11 is 0. The first-order chi connectivity index (χ1) is 13.0. The zero-order valence-corrected chi connectivity index (χ0v) is 15.2. The molecule has 1 saturated heterocycles. The fourth-order valence-corrected chi connectivity index (χ4v) is 4.75. The summed E-state index contributed by atoms with van der Waals surface area (Å²) < 4.78 is 28.8. The molecule has 0 spiro atoms. The van der Waals surface area contributed by atoms with Crippen LogP contribution in [0.5, 0.6) is 0 Å². The Bertz CT molecular complexity index is 824. The normalized spacial score (nSPS) is 23.0. The highest BCUT2D eigenvalue weighted by atomic mass is 19.1. The van der Waals surface area contributed by atoms with Crippen molar-refractivity contribution in [3.8, 4) is 0 Å². The highest BCUT2D eigenvalue weighted by Crippen LogP contribution is 2.37. The molecule has 2 atom stereocenters. The minimum Gasteiger partial charge on any atom is -0.364 e. The van der Waals surface area contributed by atoms with E-state index in [1.165, 1.54) is 12.1 Å². The van der Waals surface area contributed by atoms with Gasteiger partial charge in [0.2, 0.25) is 0 Å². The van der Waals surface area contributed by atoms with Gasteiger partial charge in [0.05, 0.1) is 0 Å². The van der Waals surface area contributed by atoms with Crippen LogP contribution in [0.2, 0.25) is 0 Å². The van der Waals surface area contributed by atoms with E-state index < -0.39 is 6.29 Å². The molecule has 0 aromatic heterocycles. The van der Waals surface area contributed by atoms with Gasteiger partial charge in [-0.3, -0.25) is 0 Å². The molecule has 1 heterocycles. The van der Waals surface area contributed by atoms with E-state index in [9.17, 15) is 19.0 Å². The van der Waals surface area contributed by atoms with E-state index in [-0.39, 0.29) is 29.0 Å². The standard InChI is InChI=1S/C22H25F2NO2/c23-19-7-2-1-6-18(19)15-8-9-25(12-15)13-16-5-3-4-14-10-17(22(26)27)11-20(24)21(14)16/h1-2,6-7,10-11,15-16,22,26-27H,3-5,8-9,12-13H2. The first kappa shape index (κ1) is 18.5. The predicted molar refractivity (Wildman–Crippen MR) is 99.5 cm³/mol. The first-order valence-corrected chi connectivity index (χ1v) is 9.68. The van der Waals surface area contributed by atoms with Crippen molar-refractivity contribution in [1.82, 2.24) is 4.90 Å². The molecule has 2 unspecified atom stereocenters. The van der Waals surface area contributed by atoms with Gasteiger partial charge in [-0.1, -0.05) is 24.3 Å². The minimum atomic E-state index is -1.65. The van der Waals surface area contributed by atoms with Crippen molar-refractivity contribution in [2.45, 2.75) is 43.8 Å². The van der Waals surface area contributed by atoms with Gasteiger partial charge in [-0.15, -0.1) is 0 Å². The number of aliphatic hydroxyl groups excluding tert-OH is 1. The largest absolute Gasteiger partial charge is 0.364 e. The van der Waals surface area contributed by atoms with Gasteiger partial charge in [-0.25, -0.2) is 8.78 Å². The molecule has 4 rings (SSSR count). The van der Waals surface area contributed by atoms with Gasteiger partial charge in [0, 0.05) is 24.6 Å². The molecule has 3 nitrogen and oxygen atoms in total. The molecule has 0 saturated carbocycles. The minimum absolute atomic E-state index is 0.0954. The Labute approximate surface area is 158 Å².